The first kappa shape index (κ1) is 17.9. The Morgan fingerprint density at radius 3 is 3.00 bits per heavy atom. The Kier molecular flexibility index (Phi) is 5.15. The highest BCUT2D eigenvalue weighted by atomic mass is 32.1. The molecule has 3 aromatic heterocycles. The Balaban J connectivity index is 1.67. The van der Waals surface area contributed by atoms with E-state index in [9.17, 15) is 5.26 Å². The second-order valence-corrected chi connectivity index (χ2v) is 6.90. The summed E-state index contributed by atoms with van der Waals surface area (Å²) in [5.74, 6) is 0. The van der Waals surface area contributed by atoms with Crippen molar-refractivity contribution in [3.8, 4) is 28.5 Å². The standard InChI is InChI=1S/C21H16N4O2S/c22-12-20-18(5-9-28-20)16-2-1-3-17(11-16)19-14-23-21-10-15(4-6-25(19)21)13-24-27-8-7-26/h1-6,9-11,13-14,26H,7-8H2. The lowest BCUT2D eigenvalue weighted by Crippen LogP contribution is -1.94. The molecule has 3 heterocycles. The van der Waals surface area contributed by atoms with E-state index in [1.807, 2.05) is 58.6 Å². The molecule has 0 bridgehead atoms. The number of pyridine rings is 1. The third-order valence-corrected chi connectivity index (χ3v) is 5.05. The Labute approximate surface area is 165 Å². The van der Waals surface area contributed by atoms with Crippen molar-refractivity contribution in [3.05, 3.63) is 70.7 Å². The van der Waals surface area contributed by atoms with Crippen molar-refractivity contribution >= 4 is 23.2 Å². The number of fused-ring (bicyclic) bond motifs is 1. The van der Waals surface area contributed by atoms with Crippen molar-refractivity contribution in [1.82, 2.24) is 9.38 Å². The molecule has 0 radical (unpaired) electrons. The van der Waals surface area contributed by atoms with E-state index in [4.69, 9.17) is 9.94 Å². The van der Waals surface area contributed by atoms with Gasteiger partial charge >= 0.3 is 0 Å². The number of hydrogen-bond acceptors (Lipinski definition) is 6. The Morgan fingerprint density at radius 1 is 1.25 bits per heavy atom. The molecule has 0 spiro atoms. The number of aliphatic hydroxyl groups is 1. The quantitative estimate of drug-likeness (QED) is 0.308. The first-order valence-corrected chi connectivity index (χ1v) is 9.50. The summed E-state index contributed by atoms with van der Waals surface area (Å²) in [6.07, 6.45) is 5.35. The van der Waals surface area contributed by atoms with Gasteiger partial charge in [0.05, 0.1) is 24.7 Å². The summed E-state index contributed by atoms with van der Waals surface area (Å²) in [5.41, 5.74) is 5.59. The molecule has 0 saturated carbocycles. The lowest BCUT2D eigenvalue weighted by atomic mass is 10.0. The van der Waals surface area contributed by atoms with Gasteiger partial charge in [0.2, 0.25) is 0 Å². The van der Waals surface area contributed by atoms with Crippen LogP contribution in [0.4, 0.5) is 0 Å². The van der Waals surface area contributed by atoms with Crippen molar-refractivity contribution < 1.29 is 9.94 Å². The van der Waals surface area contributed by atoms with Crippen LogP contribution in [0.25, 0.3) is 28.0 Å². The first-order valence-electron chi connectivity index (χ1n) is 8.62. The molecule has 4 aromatic rings. The highest BCUT2D eigenvalue weighted by molar-refractivity contribution is 7.11. The van der Waals surface area contributed by atoms with Crippen LogP contribution in [0.15, 0.2) is 65.4 Å². The van der Waals surface area contributed by atoms with Crippen LogP contribution in [-0.2, 0) is 4.84 Å². The number of benzene rings is 1. The van der Waals surface area contributed by atoms with Gasteiger partial charge in [0.25, 0.3) is 0 Å². The van der Waals surface area contributed by atoms with E-state index in [1.54, 1.807) is 6.21 Å². The third-order valence-electron chi connectivity index (χ3n) is 4.23. The number of nitrogens with zero attached hydrogens (tertiary/aromatic N) is 4. The summed E-state index contributed by atoms with van der Waals surface area (Å²) in [4.78, 5) is 10.1. The molecule has 1 aromatic carbocycles. The fraction of sp³-hybridized carbons (Fsp3) is 0.0952. The molecule has 6 nitrogen and oxygen atoms in total. The summed E-state index contributed by atoms with van der Waals surface area (Å²) in [5, 5.41) is 23.7. The van der Waals surface area contributed by atoms with Gasteiger partial charge < -0.3 is 9.94 Å². The molecule has 0 amide bonds. The number of rotatable bonds is 6. The Hall–Kier alpha value is -3.47. The van der Waals surface area contributed by atoms with Crippen LogP contribution >= 0.6 is 11.3 Å². The minimum atomic E-state index is -0.0691. The van der Waals surface area contributed by atoms with Gasteiger partial charge in [0.1, 0.15) is 23.2 Å². The van der Waals surface area contributed by atoms with Gasteiger partial charge in [-0.3, -0.25) is 4.40 Å². The summed E-state index contributed by atoms with van der Waals surface area (Å²) >= 11 is 1.45. The van der Waals surface area contributed by atoms with Crippen molar-refractivity contribution in [1.29, 1.82) is 5.26 Å². The van der Waals surface area contributed by atoms with Crippen LogP contribution < -0.4 is 0 Å². The number of aliphatic hydroxyl groups excluding tert-OH is 1. The molecule has 0 aliphatic rings. The zero-order valence-corrected chi connectivity index (χ0v) is 15.6. The monoisotopic (exact) mass is 388 g/mol. The molecule has 0 unspecified atom stereocenters. The van der Waals surface area contributed by atoms with Crippen LogP contribution in [0.1, 0.15) is 10.4 Å². The molecule has 28 heavy (non-hydrogen) atoms. The average molecular weight is 388 g/mol. The van der Waals surface area contributed by atoms with E-state index in [0.29, 0.717) is 4.88 Å². The molecule has 0 fully saturated rings. The van der Waals surface area contributed by atoms with Crippen molar-refractivity contribution in [3.63, 3.8) is 0 Å². The summed E-state index contributed by atoms with van der Waals surface area (Å²) in [6.45, 7) is 0.0978. The molecular weight excluding hydrogens is 372 g/mol. The van der Waals surface area contributed by atoms with E-state index in [-0.39, 0.29) is 13.2 Å². The van der Waals surface area contributed by atoms with E-state index in [2.05, 4.69) is 22.3 Å². The molecule has 0 atom stereocenters. The fourth-order valence-electron chi connectivity index (χ4n) is 2.95. The maximum atomic E-state index is 9.30. The highest BCUT2D eigenvalue weighted by Crippen LogP contribution is 2.31. The van der Waals surface area contributed by atoms with Gasteiger partial charge in [0.15, 0.2) is 0 Å². The van der Waals surface area contributed by atoms with Crippen LogP contribution in [0, 0.1) is 11.3 Å². The number of hydrogen-bond donors (Lipinski definition) is 1. The van der Waals surface area contributed by atoms with E-state index >= 15 is 0 Å². The number of nitriles is 1. The van der Waals surface area contributed by atoms with Crippen LogP contribution in [-0.4, -0.2) is 33.9 Å². The average Bonchev–Trinajstić information content (AvgIpc) is 3.38. The predicted octanol–water partition coefficient (Wildman–Crippen LogP) is 3.94. The molecule has 0 saturated heterocycles. The third kappa shape index (κ3) is 3.51. The van der Waals surface area contributed by atoms with E-state index < -0.39 is 0 Å². The van der Waals surface area contributed by atoms with E-state index in [0.717, 1.165) is 33.6 Å². The van der Waals surface area contributed by atoms with Crippen molar-refractivity contribution in [2.24, 2.45) is 5.16 Å². The zero-order chi connectivity index (χ0) is 19.3. The lowest BCUT2D eigenvalue weighted by Gasteiger charge is -2.06. The fourth-order valence-corrected chi connectivity index (χ4v) is 3.66. The number of aromatic nitrogens is 2. The maximum absolute atomic E-state index is 9.30. The normalized spacial score (nSPS) is 11.1. The summed E-state index contributed by atoms with van der Waals surface area (Å²) in [6, 6.07) is 16.2. The van der Waals surface area contributed by atoms with E-state index in [1.165, 1.54) is 11.3 Å². The summed E-state index contributed by atoms with van der Waals surface area (Å²) in [7, 11) is 0. The SMILES string of the molecule is N#Cc1sccc1-c1cccc(-c2cnc3cc(C=NOCCO)ccn23)c1. The molecular formula is C21H16N4O2S. The lowest BCUT2D eigenvalue weighted by molar-refractivity contribution is 0.0997. The van der Waals surface area contributed by atoms with Crippen LogP contribution in [0.5, 0.6) is 0 Å². The number of thiophene rings is 1. The van der Waals surface area contributed by atoms with Gasteiger partial charge in [-0.15, -0.1) is 11.3 Å². The smallest absolute Gasteiger partial charge is 0.140 e. The Bertz CT molecular complexity index is 1190. The number of imidazole rings is 1. The second-order valence-electron chi connectivity index (χ2n) is 5.98. The summed E-state index contributed by atoms with van der Waals surface area (Å²) < 4.78 is 2.00. The van der Waals surface area contributed by atoms with Crippen LogP contribution in [0.3, 0.4) is 0 Å². The van der Waals surface area contributed by atoms with Crippen molar-refractivity contribution in [2.75, 3.05) is 13.2 Å². The predicted molar refractivity (Wildman–Crippen MR) is 109 cm³/mol. The molecule has 0 aliphatic carbocycles. The van der Waals surface area contributed by atoms with Gasteiger partial charge in [-0.25, -0.2) is 4.98 Å². The highest BCUT2D eigenvalue weighted by Gasteiger charge is 2.10. The minimum absolute atomic E-state index is 0.0691. The first-order chi connectivity index (χ1) is 13.8. The number of oxime groups is 1. The van der Waals surface area contributed by atoms with Crippen molar-refractivity contribution in [2.45, 2.75) is 0 Å². The zero-order valence-electron chi connectivity index (χ0n) is 14.8. The molecule has 4 rings (SSSR count). The van der Waals surface area contributed by atoms with Gasteiger partial charge in [-0.05, 0) is 35.2 Å². The van der Waals surface area contributed by atoms with Crippen LogP contribution in [0.2, 0.25) is 0 Å². The Morgan fingerprint density at radius 2 is 2.14 bits per heavy atom. The minimum Gasteiger partial charge on any atom is -0.393 e. The molecule has 138 valence electrons. The largest absolute Gasteiger partial charge is 0.393 e. The van der Waals surface area contributed by atoms with Gasteiger partial charge in [-0.2, -0.15) is 5.26 Å². The molecule has 1 N–H and O–H groups in total. The topological polar surface area (TPSA) is 82.9 Å². The molecule has 7 heteroatoms. The second kappa shape index (κ2) is 8.05. The molecule has 0 aliphatic heterocycles. The maximum Gasteiger partial charge on any atom is 0.140 e. The van der Waals surface area contributed by atoms with Gasteiger partial charge in [-0.1, -0.05) is 23.4 Å². The van der Waals surface area contributed by atoms with Gasteiger partial charge in [0, 0.05) is 22.9 Å².